The van der Waals surface area contributed by atoms with Gasteiger partial charge in [-0.15, -0.1) is 0 Å². The molecule has 3 rings (SSSR count). The normalized spacial score (nSPS) is 27.9. The molecule has 2 heterocycles. The number of amides is 1. The van der Waals surface area contributed by atoms with Gasteiger partial charge in [-0.1, -0.05) is 12.1 Å². The van der Waals surface area contributed by atoms with Crippen LogP contribution in [0.4, 0.5) is 0 Å². The zero-order chi connectivity index (χ0) is 16.8. The van der Waals surface area contributed by atoms with Crippen LogP contribution in [0.5, 0.6) is 0 Å². The minimum atomic E-state index is -3.55. The summed E-state index contributed by atoms with van der Waals surface area (Å²) in [6.07, 6.45) is 0.0205. The molecule has 0 spiro atoms. The maximum Gasteiger partial charge on any atom is 0.243 e. The van der Waals surface area contributed by atoms with E-state index in [1.165, 1.54) is 4.31 Å². The van der Waals surface area contributed by atoms with Crippen LogP contribution in [0.25, 0.3) is 0 Å². The van der Waals surface area contributed by atoms with Gasteiger partial charge in [-0.05, 0) is 31.0 Å². The fraction of sp³-hybridized carbons (Fsp3) is 0.562. The van der Waals surface area contributed by atoms with Crippen molar-refractivity contribution in [3.05, 3.63) is 29.8 Å². The maximum absolute atomic E-state index is 12.8. The van der Waals surface area contributed by atoms with Gasteiger partial charge in [0, 0.05) is 27.2 Å². The third-order valence-corrected chi connectivity index (χ3v) is 6.34. The van der Waals surface area contributed by atoms with Gasteiger partial charge < -0.3 is 9.64 Å². The first-order chi connectivity index (χ1) is 10.8. The van der Waals surface area contributed by atoms with Gasteiger partial charge in [0.25, 0.3) is 0 Å². The van der Waals surface area contributed by atoms with E-state index < -0.39 is 10.0 Å². The molecule has 0 aliphatic carbocycles. The van der Waals surface area contributed by atoms with Crippen molar-refractivity contribution in [2.45, 2.75) is 30.4 Å². The van der Waals surface area contributed by atoms with E-state index >= 15 is 0 Å². The highest BCUT2D eigenvalue weighted by Gasteiger charge is 2.47. The Balaban J connectivity index is 1.83. The molecule has 0 aromatic heterocycles. The summed E-state index contributed by atoms with van der Waals surface area (Å²) in [7, 11) is -0.123. The monoisotopic (exact) mass is 338 g/mol. The molecule has 23 heavy (non-hydrogen) atoms. The van der Waals surface area contributed by atoms with E-state index in [-0.39, 0.29) is 30.6 Å². The molecule has 0 N–H and O–H groups in total. The van der Waals surface area contributed by atoms with E-state index in [2.05, 4.69) is 0 Å². The Morgan fingerprint density at radius 1 is 1.30 bits per heavy atom. The predicted molar refractivity (Wildman–Crippen MR) is 85.4 cm³/mol. The second-order valence-electron chi connectivity index (χ2n) is 6.51. The van der Waals surface area contributed by atoms with E-state index in [9.17, 15) is 13.2 Å². The van der Waals surface area contributed by atoms with Gasteiger partial charge in [-0.3, -0.25) is 4.79 Å². The highest BCUT2D eigenvalue weighted by Crippen LogP contribution is 2.35. The summed E-state index contributed by atoms with van der Waals surface area (Å²) >= 11 is 0. The first-order valence-electron chi connectivity index (χ1n) is 7.72. The molecule has 0 saturated carbocycles. The molecule has 6 nitrogen and oxygen atoms in total. The first kappa shape index (κ1) is 16.4. The van der Waals surface area contributed by atoms with E-state index in [0.29, 0.717) is 17.9 Å². The lowest BCUT2D eigenvalue weighted by molar-refractivity contribution is -0.135. The van der Waals surface area contributed by atoms with Crippen molar-refractivity contribution >= 4 is 15.9 Å². The third kappa shape index (κ3) is 3.00. The molecule has 2 aliphatic rings. The maximum atomic E-state index is 12.8. The quantitative estimate of drug-likeness (QED) is 0.820. The fourth-order valence-corrected chi connectivity index (χ4v) is 4.92. The molecule has 1 amide bonds. The Hall–Kier alpha value is -1.44. The van der Waals surface area contributed by atoms with Gasteiger partial charge in [0.15, 0.2) is 0 Å². The van der Waals surface area contributed by atoms with Crippen LogP contribution in [0.2, 0.25) is 0 Å². The van der Waals surface area contributed by atoms with Crippen molar-refractivity contribution < 1.29 is 17.9 Å². The second-order valence-corrected chi connectivity index (χ2v) is 8.45. The number of nitrogens with zero attached hydrogens (tertiary/aromatic N) is 2. The van der Waals surface area contributed by atoms with E-state index in [1.54, 1.807) is 37.2 Å². The molecular weight excluding hydrogens is 316 g/mol. The number of aryl methyl sites for hydroxylation is 1. The largest absolute Gasteiger partial charge is 0.371 e. The summed E-state index contributed by atoms with van der Waals surface area (Å²) in [6, 6.07) is 6.90. The molecule has 7 heteroatoms. The molecular formula is C16H22N2O4S. The Morgan fingerprint density at radius 2 is 2.04 bits per heavy atom. The summed E-state index contributed by atoms with van der Waals surface area (Å²) in [4.78, 5) is 14.1. The van der Waals surface area contributed by atoms with Crippen LogP contribution in [-0.4, -0.2) is 62.9 Å². The predicted octanol–water partition coefficient (Wildman–Crippen LogP) is 0.861. The molecule has 0 radical (unpaired) electrons. The van der Waals surface area contributed by atoms with Gasteiger partial charge in [0.05, 0.1) is 23.0 Å². The standard InChI is InChI=1S/C16H22N2O4S/c1-11-5-4-6-13(7-11)23(20,21)18-9-12-8-14(15(10-18)22-12)16(19)17(2)3/h4-7,12,14-15H,8-10H2,1-3H3/t12-,14+,15-/m0/s1. The van der Waals surface area contributed by atoms with Crippen LogP contribution in [0.15, 0.2) is 29.2 Å². The molecule has 2 saturated heterocycles. The Labute approximate surface area is 137 Å². The zero-order valence-electron chi connectivity index (χ0n) is 13.6. The van der Waals surface area contributed by atoms with E-state index in [1.807, 2.05) is 13.0 Å². The number of ether oxygens (including phenoxy) is 1. The number of rotatable bonds is 3. The zero-order valence-corrected chi connectivity index (χ0v) is 14.4. The average Bonchev–Trinajstić information content (AvgIpc) is 2.80. The highest BCUT2D eigenvalue weighted by atomic mass is 32.2. The summed E-state index contributed by atoms with van der Waals surface area (Å²) < 4.78 is 33.0. The van der Waals surface area contributed by atoms with Crippen LogP contribution in [0.1, 0.15) is 12.0 Å². The molecule has 3 atom stereocenters. The topological polar surface area (TPSA) is 66.9 Å². The van der Waals surface area contributed by atoms with Crippen molar-refractivity contribution in [1.82, 2.24) is 9.21 Å². The highest BCUT2D eigenvalue weighted by molar-refractivity contribution is 7.89. The van der Waals surface area contributed by atoms with Crippen molar-refractivity contribution in [3.63, 3.8) is 0 Å². The molecule has 2 fully saturated rings. The lowest BCUT2D eigenvalue weighted by Crippen LogP contribution is -2.47. The Kier molecular flexibility index (Phi) is 4.20. The van der Waals surface area contributed by atoms with Crippen LogP contribution in [0, 0.1) is 12.8 Å². The number of benzene rings is 1. The van der Waals surface area contributed by atoms with Crippen molar-refractivity contribution in [3.8, 4) is 0 Å². The minimum absolute atomic E-state index is 0.00676. The Morgan fingerprint density at radius 3 is 2.70 bits per heavy atom. The van der Waals surface area contributed by atoms with Crippen molar-refractivity contribution in [2.75, 3.05) is 27.2 Å². The van der Waals surface area contributed by atoms with Crippen LogP contribution in [-0.2, 0) is 19.6 Å². The van der Waals surface area contributed by atoms with Crippen LogP contribution < -0.4 is 0 Å². The number of sulfonamides is 1. The molecule has 1 aromatic rings. The van der Waals surface area contributed by atoms with Gasteiger partial charge in [-0.2, -0.15) is 4.31 Å². The Bertz CT molecular complexity index is 717. The number of fused-ring (bicyclic) bond motifs is 2. The summed E-state index contributed by atoms with van der Waals surface area (Å²) in [5.41, 5.74) is 0.906. The smallest absolute Gasteiger partial charge is 0.243 e. The van der Waals surface area contributed by atoms with Gasteiger partial charge in [0.1, 0.15) is 0 Å². The number of hydrogen-bond acceptors (Lipinski definition) is 4. The van der Waals surface area contributed by atoms with Gasteiger partial charge >= 0.3 is 0 Å². The molecule has 2 aliphatic heterocycles. The van der Waals surface area contributed by atoms with Crippen LogP contribution in [0.3, 0.4) is 0 Å². The third-order valence-electron chi connectivity index (χ3n) is 4.51. The second kappa shape index (κ2) is 5.89. The van der Waals surface area contributed by atoms with Crippen molar-refractivity contribution in [2.24, 2.45) is 5.92 Å². The minimum Gasteiger partial charge on any atom is -0.371 e. The SMILES string of the molecule is Cc1cccc(S(=O)(=O)N2C[C@@H]3C[C@@H](C(=O)N(C)C)[C@H](C2)O3)c1. The van der Waals surface area contributed by atoms with Gasteiger partial charge in [-0.25, -0.2) is 8.42 Å². The number of hydrogen-bond donors (Lipinski definition) is 0. The summed E-state index contributed by atoms with van der Waals surface area (Å²) in [6.45, 7) is 2.41. The van der Waals surface area contributed by atoms with E-state index in [0.717, 1.165) is 5.56 Å². The van der Waals surface area contributed by atoms with Crippen molar-refractivity contribution in [1.29, 1.82) is 0 Å². The molecule has 1 aromatic carbocycles. The summed E-state index contributed by atoms with van der Waals surface area (Å²) in [5.74, 6) is -0.250. The molecule has 0 unspecified atom stereocenters. The van der Waals surface area contributed by atoms with Gasteiger partial charge in [0.2, 0.25) is 15.9 Å². The lowest BCUT2D eigenvalue weighted by Gasteiger charge is -2.32. The average molecular weight is 338 g/mol. The number of carbonyl (C=O) groups excluding carboxylic acids is 1. The number of morpholine rings is 1. The molecule has 2 bridgehead atoms. The van der Waals surface area contributed by atoms with Crippen LogP contribution >= 0.6 is 0 Å². The van der Waals surface area contributed by atoms with E-state index in [4.69, 9.17) is 4.74 Å². The molecule has 126 valence electrons. The summed E-state index contributed by atoms with van der Waals surface area (Å²) in [5, 5.41) is 0. The fourth-order valence-electron chi connectivity index (χ4n) is 3.34. The number of carbonyl (C=O) groups is 1. The first-order valence-corrected chi connectivity index (χ1v) is 9.16. The lowest BCUT2D eigenvalue weighted by atomic mass is 9.99.